The van der Waals surface area contributed by atoms with Crippen LogP contribution in [0.25, 0.3) is 0 Å². The number of amides is 3. The summed E-state index contributed by atoms with van der Waals surface area (Å²) in [6.07, 6.45) is 2.25. The molecular weight excluding hydrogens is 330 g/mol. The van der Waals surface area contributed by atoms with E-state index < -0.39 is 0 Å². The predicted octanol–water partition coefficient (Wildman–Crippen LogP) is 2.66. The third kappa shape index (κ3) is 5.58. The second-order valence-electron chi connectivity index (χ2n) is 7.26. The van der Waals surface area contributed by atoms with E-state index in [-0.39, 0.29) is 30.1 Å². The van der Waals surface area contributed by atoms with Crippen molar-refractivity contribution in [1.29, 1.82) is 0 Å². The summed E-state index contributed by atoms with van der Waals surface area (Å²) in [5, 5.41) is 5.71. The van der Waals surface area contributed by atoms with Gasteiger partial charge in [0, 0.05) is 37.3 Å². The van der Waals surface area contributed by atoms with E-state index in [1.807, 2.05) is 13.8 Å². The van der Waals surface area contributed by atoms with Crippen LogP contribution in [0.15, 0.2) is 24.3 Å². The first-order valence-electron chi connectivity index (χ1n) is 9.37. The van der Waals surface area contributed by atoms with Gasteiger partial charge in [0.05, 0.1) is 5.92 Å². The molecular formula is C20H29N3O3. The summed E-state index contributed by atoms with van der Waals surface area (Å²) in [5.74, 6) is -0.133. The van der Waals surface area contributed by atoms with Crippen molar-refractivity contribution in [1.82, 2.24) is 10.2 Å². The van der Waals surface area contributed by atoms with E-state index in [9.17, 15) is 14.4 Å². The van der Waals surface area contributed by atoms with Crippen molar-refractivity contribution >= 4 is 23.4 Å². The summed E-state index contributed by atoms with van der Waals surface area (Å²) in [6, 6.07) is 6.82. The van der Waals surface area contributed by atoms with Gasteiger partial charge in [-0.15, -0.1) is 0 Å². The van der Waals surface area contributed by atoms with E-state index >= 15 is 0 Å². The van der Waals surface area contributed by atoms with Gasteiger partial charge in [-0.05, 0) is 36.6 Å². The molecule has 6 nitrogen and oxygen atoms in total. The molecule has 1 aromatic rings. The second kappa shape index (κ2) is 9.36. The molecule has 1 aliphatic rings. The Hall–Kier alpha value is -2.37. The lowest BCUT2D eigenvalue weighted by Gasteiger charge is -2.16. The molecule has 1 unspecified atom stereocenters. The molecule has 2 rings (SSSR count). The topological polar surface area (TPSA) is 78.5 Å². The van der Waals surface area contributed by atoms with Gasteiger partial charge in [-0.25, -0.2) is 0 Å². The first-order chi connectivity index (χ1) is 12.4. The van der Waals surface area contributed by atoms with E-state index in [4.69, 9.17) is 0 Å². The third-order valence-electron chi connectivity index (χ3n) is 4.45. The summed E-state index contributed by atoms with van der Waals surface area (Å²) in [6.45, 7) is 7.99. The van der Waals surface area contributed by atoms with Gasteiger partial charge in [0.15, 0.2) is 0 Å². The number of hydrogen-bond donors (Lipinski definition) is 2. The van der Waals surface area contributed by atoms with Gasteiger partial charge in [0.25, 0.3) is 5.91 Å². The molecule has 0 radical (unpaired) electrons. The molecule has 0 aliphatic carbocycles. The Labute approximate surface area is 155 Å². The lowest BCUT2D eigenvalue weighted by atomic mass is 10.1. The van der Waals surface area contributed by atoms with Crippen LogP contribution < -0.4 is 10.6 Å². The molecule has 1 atom stereocenters. The average Bonchev–Trinajstić information content (AvgIpc) is 2.99. The minimum Gasteiger partial charge on any atom is -0.352 e. The van der Waals surface area contributed by atoms with Crippen molar-refractivity contribution in [3.8, 4) is 0 Å². The smallest absolute Gasteiger partial charge is 0.251 e. The van der Waals surface area contributed by atoms with Crippen LogP contribution in [-0.4, -0.2) is 42.3 Å². The molecule has 1 aliphatic heterocycles. The number of carbonyl (C=O) groups is 3. The second-order valence-corrected chi connectivity index (χ2v) is 7.26. The summed E-state index contributed by atoms with van der Waals surface area (Å²) in [7, 11) is 0. The van der Waals surface area contributed by atoms with E-state index in [0.29, 0.717) is 30.3 Å². The van der Waals surface area contributed by atoms with Crippen LogP contribution in [0.2, 0.25) is 0 Å². The third-order valence-corrected chi connectivity index (χ3v) is 4.45. The minimum absolute atomic E-state index is 0.0516. The number of hydrogen-bond acceptors (Lipinski definition) is 3. The molecule has 0 saturated carbocycles. The highest BCUT2D eigenvalue weighted by atomic mass is 16.2. The minimum atomic E-state index is -0.312. The maximum atomic E-state index is 12.4. The van der Waals surface area contributed by atoms with Crippen molar-refractivity contribution in [2.75, 3.05) is 25.0 Å². The number of anilines is 1. The highest BCUT2D eigenvalue weighted by Gasteiger charge is 2.33. The number of benzene rings is 1. The first-order valence-corrected chi connectivity index (χ1v) is 9.37. The molecule has 1 fully saturated rings. The summed E-state index contributed by atoms with van der Waals surface area (Å²) in [5.41, 5.74) is 1.19. The molecule has 2 N–H and O–H groups in total. The van der Waals surface area contributed by atoms with Crippen molar-refractivity contribution in [2.45, 2.75) is 40.0 Å². The Morgan fingerprint density at radius 1 is 1.23 bits per heavy atom. The quantitative estimate of drug-likeness (QED) is 0.749. The molecule has 1 aromatic carbocycles. The SMILES string of the molecule is CCCCN1CC(C(=O)Nc2ccc(C(=O)NCC(C)C)cc2)CC1=O. The fraction of sp³-hybridized carbons (Fsp3) is 0.550. The number of carbonyl (C=O) groups excluding carboxylic acids is 3. The Bertz CT molecular complexity index is 640. The number of nitrogens with one attached hydrogen (secondary N) is 2. The maximum Gasteiger partial charge on any atom is 0.251 e. The molecule has 3 amide bonds. The molecule has 1 saturated heterocycles. The van der Waals surface area contributed by atoms with E-state index in [1.165, 1.54) is 0 Å². The van der Waals surface area contributed by atoms with Crippen molar-refractivity contribution in [3.05, 3.63) is 29.8 Å². The summed E-state index contributed by atoms with van der Waals surface area (Å²) >= 11 is 0. The lowest BCUT2D eigenvalue weighted by molar-refractivity contribution is -0.128. The molecule has 26 heavy (non-hydrogen) atoms. The number of likely N-dealkylation sites (tertiary alicyclic amines) is 1. The number of nitrogens with zero attached hydrogens (tertiary/aromatic N) is 1. The van der Waals surface area contributed by atoms with Gasteiger partial charge in [-0.2, -0.15) is 0 Å². The molecule has 0 bridgehead atoms. The Morgan fingerprint density at radius 3 is 2.54 bits per heavy atom. The van der Waals surface area contributed by atoms with Crippen LogP contribution in [0.1, 0.15) is 50.4 Å². The zero-order chi connectivity index (χ0) is 19.1. The van der Waals surface area contributed by atoms with Gasteiger partial charge in [0.1, 0.15) is 0 Å². The van der Waals surface area contributed by atoms with Crippen LogP contribution >= 0.6 is 0 Å². The molecule has 0 spiro atoms. The van der Waals surface area contributed by atoms with E-state index in [1.54, 1.807) is 29.2 Å². The fourth-order valence-electron chi connectivity index (χ4n) is 2.86. The van der Waals surface area contributed by atoms with Crippen LogP contribution in [0.4, 0.5) is 5.69 Å². The molecule has 1 heterocycles. The number of unbranched alkanes of at least 4 members (excludes halogenated alkanes) is 1. The van der Waals surface area contributed by atoms with Gasteiger partial charge in [-0.1, -0.05) is 27.2 Å². The zero-order valence-electron chi connectivity index (χ0n) is 15.9. The standard InChI is InChI=1S/C20H29N3O3/c1-4-5-10-23-13-16(11-18(23)24)20(26)22-17-8-6-15(7-9-17)19(25)21-12-14(2)3/h6-9,14,16H,4-5,10-13H2,1-3H3,(H,21,25)(H,22,26). The largest absolute Gasteiger partial charge is 0.352 e. The predicted molar refractivity (Wildman–Crippen MR) is 102 cm³/mol. The molecule has 142 valence electrons. The van der Waals surface area contributed by atoms with Gasteiger partial charge < -0.3 is 15.5 Å². The van der Waals surface area contributed by atoms with Crippen molar-refractivity contribution in [3.63, 3.8) is 0 Å². The Kier molecular flexibility index (Phi) is 7.18. The van der Waals surface area contributed by atoms with Crippen LogP contribution in [0, 0.1) is 11.8 Å². The molecule has 6 heteroatoms. The fourth-order valence-corrected chi connectivity index (χ4v) is 2.86. The summed E-state index contributed by atoms with van der Waals surface area (Å²) < 4.78 is 0. The maximum absolute atomic E-state index is 12.4. The van der Waals surface area contributed by atoms with Gasteiger partial charge >= 0.3 is 0 Å². The Balaban J connectivity index is 1.87. The van der Waals surface area contributed by atoms with Crippen molar-refractivity contribution < 1.29 is 14.4 Å². The van der Waals surface area contributed by atoms with E-state index in [0.717, 1.165) is 19.4 Å². The van der Waals surface area contributed by atoms with Crippen LogP contribution in [0.5, 0.6) is 0 Å². The van der Waals surface area contributed by atoms with Crippen LogP contribution in [0.3, 0.4) is 0 Å². The normalized spacial score (nSPS) is 16.8. The average molecular weight is 359 g/mol. The van der Waals surface area contributed by atoms with Gasteiger partial charge in [0.2, 0.25) is 11.8 Å². The molecule has 0 aromatic heterocycles. The van der Waals surface area contributed by atoms with E-state index in [2.05, 4.69) is 17.6 Å². The van der Waals surface area contributed by atoms with Crippen LogP contribution in [-0.2, 0) is 9.59 Å². The zero-order valence-corrected chi connectivity index (χ0v) is 15.9. The Morgan fingerprint density at radius 2 is 1.92 bits per heavy atom. The monoisotopic (exact) mass is 359 g/mol. The lowest BCUT2D eigenvalue weighted by Crippen LogP contribution is -2.29. The highest BCUT2D eigenvalue weighted by Crippen LogP contribution is 2.20. The number of rotatable bonds is 8. The van der Waals surface area contributed by atoms with Crippen molar-refractivity contribution in [2.24, 2.45) is 11.8 Å². The van der Waals surface area contributed by atoms with Gasteiger partial charge in [-0.3, -0.25) is 14.4 Å². The highest BCUT2D eigenvalue weighted by molar-refractivity contribution is 5.98. The first kappa shape index (κ1) is 19.9. The summed E-state index contributed by atoms with van der Waals surface area (Å²) in [4.78, 5) is 38.2.